The standard InChI is InChI=1S/C16H23N3O4Si/c1-22-15-10-17-6-5-12(15)13-9-14(16(20)21)19(18-13)11-23-7-8-24(2,3)4/h5-6,9-10H,7-8,11H2,1-4H3,(H,20,21). The average molecular weight is 349 g/mol. The van der Waals surface area contributed by atoms with Crippen LogP contribution in [-0.4, -0.2) is 47.6 Å². The number of ether oxygens (including phenoxy) is 2. The Morgan fingerprint density at radius 2 is 2.12 bits per heavy atom. The van der Waals surface area contributed by atoms with Crippen LogP contribution in [0.5, 0.6) is 5.75 Å². The van der Waals surface area contributed by atoms with E-state index in [-0.39, 0.29) is 12.4 Å². The Hall–Kier alpha value is -2.19. The molecule has 2 heterocycles. The third-order valence-corrected chi connectivity index (χ3v) is 5.19. The first kappa shape index (κ1) is 18.1. The second-order valence-electron chi connectivity index (χ2n) is 6.64. The number of methoxy groups -OCH3 is 1. The van der Waals surface area contributed by atoms with Crippen molar-refractivity contribution in [2.75, 3.05) is 13.7 Å². The smallest absolute Gasteiger partial charge is 0.354 e. The molecule has 0 aliphatic rings. The van der Waals surface area contributed by atoms with E-state index in [1.165, 1.54) is 17.9 Å². The predicted octanol–water partition coefficient (Wildman–Crippen LogP) is 2.96. The predicted molar refractivity (Wildman–Crippen MR) is 93.1 cm³/mol. The van der Waals surface area contributed by atoms with Gasteiger partial charge >= 0.3 is 5.97 Å². The number of nitrogens with zero attached hydrogens (tertiary/aromatic N) is 3. The maximum absolute atomic E-state index is 11.5. The van der Waals surface area contributed by atoms with Crippen molar-refractivity contribution >= 4 is 14.0 Å². The van der Waals surface area contributed by atoms with Gasteiger partial charge < -0.3 is 14.6 Å². The van der Waals surface area contributed by atoms with Crippen LogP contribution < -0.4 is 4.74 Å². The Morgan fingerprint density at radius 3 is 2.75 bits per heavy atom. The molecule has 0 saturated carbocycles. The highest BCUT2D eigenvalue weighted by Crippen LogP contribution is 2.28. The second kappa shape index (κ2) is 7.58. The molecule has 0 aromatic carbocycles. The summed E-state index contributed by atoms with van der Waals surface area (Å²) in [5.41, 5.74) is 1.29. The molecule has 7 nitrogen and oxygen atoms in total. The van der Waals surface area contributed by atoms with E-state index in [2.05, 4.69) is 29.7 Å². The number of aromatic nitrogens is 3. The molecule has 0 aliphatic heterocycles. The Bertz CT molecular complexity index is 710. The molecule has 0 radical (unpaired) electrons. The van der Waals surface area contributed by atoms with Crippen molar-refractivity contribution in [2.45, 2.75) is 32.4 Å². The van der Waals surface area contributed by atoms with Gasteiger partial charge in [-0.25, -0.2) is 9.48 Å². The van der Waals surface area contributed by atoms with Crippen molar-refractivity contribution in [2.24, 2.45) is 0 Å². The lowest BCUT2D eigenvalue weighted by Gasteiger charge is -2.15. The van der Waals surface area contributed by atoms with Crippen LogP contribution in [0.2, 0.25) is 25.7 Å². The Labute approximate surface area is 142 Å². The molecule has 0 spiro atoms. The molecule has 8 heteroatoms. The quantitative estimate of drug-likeness (QED) is 0.582. The van der Waals surface area contributed by atoms with Gasteiger partial charge in [-0.15, -0.1) is 0 Å². The summed E-state index contributed by atoms with van der Waals surface area (Å²) in [4.78, 5) is 15.5. The molecule has 0 saturated heterocycles. The van der Waals surface area contributed by atoms with Gasteiger partial charge in [0.05, 0.1) is 19.0 Å². The number of pyridine rings is 1. The monoisotopic (exact) mass is 349 g/mol. The van der Waals surface area contributed by atoms with Crippen molar-refractivity contribution in [3.63, 3.8) is 0 Å². The van der Waals surface area contributed by atoms with E-state index in [9.17, 15) is 9.90 Å². The molecule has 130 valence electrons. The Balaban J connectivity index is 2.20. The fourth-order valence-electron chi connectivity index (χ4n) is 2.10. The topological polar surface area (TPSA) is 86.5 Å². The van der Waals surface area contributed by atoms with Crippen LogP contribution in [0.3, 0.4) is 0 Å². The molecule has 0 aliphatic carbocycles. The highest BCUT2D eigenvalue weighted by atomic mass is 28.3. The maximum Gasteiger partial charge on any atom is 0.354 e. The highest BCUT2D eigenvalue weighted by Gasteiger charge is 2.18. The van der Waals surface area contributed by atoms with Gasteiger partial charge in [-0.05, 0) is 18.2 Å². The first-order valence-electron chi connectivity index (χ1n) is 7.69. The fourth-order valence-corrected chi connectivity index (χ4v) is 2.86. The van der Waals surface area contributed by atoms with Gasteiger partial charge in [0.2, 0.25) is 0 Å². The molecule has 2 aromatic heterocycles. The van der Waals surface area contributed by atoms with Crippen molar-refractivity contribution in [1.29, 1.82) is 0 Å². The van der Waals surface area contributed by atoms with Gasteiger partial charge in [-0.2, -0.15) is 5.10 Å². The molecular weight excluding hydrogens is 326 g/mol. The number of aromatic carboxylic acids is 1. The molecule has 0 unspecified atom stereocenters. The number of carbonyl (C=O) groups is 1. The summed E-state index contributed by atoms with van der Waals surface area (Å²) >= 11 is 0. The van der Waals surface area contributed by atoms with Gasteiger partial charge in [0.25, 0.3) is 0 Å². The molecular formula is C16H23N3O4Si. The van der Waals surface area contributed by atoms with Crippen LogP contribution in [0.1, 0.15) is 10.5 Å². The van der Waals surface area contributed by atoms with Crippen LogP contribution in [0.15, 0.2) is 24.5 Å². The van der Waals surface area contributed by atoms with Gasteiger partial charge in [0.15, 0.2) is 0 Å². The van der Waals surface area contributed by atoms with E-state index in [1.54, 1.807) is 18.5 Å². The number of hydrogen-bond donors (Lipinski definition) is 1. The van der Waals surface area contributed by atoms with Gasteiger partial charge in [-0.1, -0.05) is 19.6 Å². The van der Waals surface area contributed by atoms with Crippen molar-refractivity contribution in [1.82, 2.24) is 14.8 Å². The number of carboxylic acid groups (broad SMARTS) is 1. The zero-order valence-corrected chi connectivity index (χ0v) is 15.4. The highest BCUT2D eigenvalue weighted by molar-refractivity contribution is 6.76. The Kier molecular flexibility index (Phi) is 5.74. The number of hydrogen-bond acceptors (Lipinski definition) is 5. The summed E-state index contributed by atoms with van der Waals surface area (Å²) in [7, 11) is 0.352. The molecule has 0 atom stereocenters. The lowest BCUT2D eigenvalue weighted by Crippen LogP contribution is -2.22. The number of rotatable bonds is 8. The van der Waals surface area contributed by atoms with Crippen LogP contribution in [0.4, 0.5) is 0 Å². The lowest BCUT2D eigenvalue weighted by molar-refractivity contribution is 0.0591. The summed E-state index contributed by atoms with van der Waals surface area (Å²) in [5.74, 6) is -0.505. The minimum Gasteiger partial charge on any atom is -0.494 e. The summed E-state index contributed by atoms with van der Waals surface area (Å²) in [6.45, 7) is 7.50. The van der Waals surface area contributed by atoms with Crippen molar-refractivity contribution in [3.8, 4) is 17.0 Å². The lowest BCUT2D eigenvalue weighted by atomic mass is 10.2. The summed E-state index contributed by atoms with van der Waals surface area (Å²) in [6.07, 6.45) is 3.18. The fraction of sp³-hybridized carbons (Fsp3) is 0.438. The zero-order valence-electron chi connectivity index (χ0n) is 14.4. The Morgan fingerprint density at radius 1 is 1.38 bits per heavy atom. The molecule has 0 amide bonds. The molecule has 24 heavy (non-hydrogen) atoms. The first-order chi connectivity index (χ1) is 11.3. The van der Waals surface area contributed by atoms with Crippen molar-refractivity contribution < 1.29 is 19.4 Å². The molecule has 2 aromatic rings. The van der Waals surface area contributed by atoms with Gasteiger partial charge in [-0.3, -0.25) is 4.98 Å². The third kappa shape index (κ3) is 4.65. The molecule has 2 rings (SSSR count). The average Bonchev–Trinajstić information content (AvgIpc) is 2.95. The maximum atomic E-state index is 11.5. The van der Waals surface area contributed by atoms with Gasteiger partial charge in [0.1, 0.15) is 18.2 Å². The molecule has 1 N–H and O–H groups in total. The largest absolute Gasteiger partial charge is 0.494 e. The summed E-state index contributed by atoms with van der Waals surface area (Å²) in [5, 5.41) is 13.7. The van der Waals surface area contributed by atoms with E-state index < -0.39 is 14.0 Å². The van der Waals surface area contributed by atoms with E-state index in [0.717, 1.165) is 6.04 Å². The third-order valence-electron chi connectivity index (χ3n) is 3.49. The van der Waals surface area contributed by atoms with Crippen LogP contribution in [0.25, 0.3) is 11.3 Å². The zero-order chi connectivity index (χ0) is 17.7. The van der Waals surface area contributed by atoms with Crippen LogP contribution >= 0.6 is 0 Å². The SMILES string of the molecule is COc1cnccc1-c1cc(C(=O)O)n(COCC[Si](C)(C)C)n1. The number of carboxylic acids is 1. The van der Waals surface area contributed by atoms with E-state index in [0.29, 0.717) is 23.6 Å². The van der Waals surface area contributed by atoms with Gasteiger partial charge in [0, 0.05) is 26.4 Å². The summed E-state index contributed by atoms with van der Waals surface area (Å²) < 4.78 is 12.2. The molecule has 0 bridgehead atoms. The van der Waals surface area contributed by atoms with E-state index >= 15 is 0 Å². The summed E-state index contributed by atoms with van der Waals surface area (Å²) in [6, 6.07) is 4.27. The van der Waals surface area contributed by atoms with E-state index in [1.807, 2.05) is 0 Å². The minimum absolute atomic E-state index is 0.0804. The first-order valence-corrected chi connectivity index (χ1v) is 11.4. The van der Waals surface area contributed by atoms with E-state index in [4.69, 9.17) is 9.47 Å². The normalized spacial score (nSPS) is 11.5. The van der Waals surface area contributed by atoms with Crippen LogP contribution in [-0.2, 0) is 11.5 Å². The van der Waals surface area contributed by atoms with Crippen molar-refractivity contribution in [3.05, 3.63) is 30.2 Å². The van der Waals surface area contributed by atoms with Crippen LogP contribution in [0, 0.1) is 0 Å². The second-order valence-corrected chi connectivity index (χ2v) is 12.3. The molecule has 0 fully saturated rings. The minimum atomic E-state index is -1.19.